The Bertz CT molecular complexity index is 1190. The molecule has 4 rings (SSSR count). The smallest absolute Gasteiger partial charge is 0.253 e. The average Bonchev–Trinajstić information content (AvgIpc) is 3.08. The Balaban J connectivity index is 1.87. The SMILES string of the molecule is CCc1cc(C2=N[C@@H](C)[C@@](c3ccc(F)cc3)(c3ccnc(F)c3)N2)cn(C)c1=O. The number of hydrogen-bond donors (Lipinski definition) is 1. The Morgan fingerprint density at radius 1 is 1.13 bits per heavy atom. The van der Waals surface area contributed by atoms with Crippen molar-refractivity contribution in [3.63, 3.8) is 0 Å². The number of pyridine rings is 2. The molecule has 0 fully saturated rings. The third-order valence-electron chi connectivity index (χ3n) is 5.66. The van der Waals surface area contributed by atoms with E-state index in [2.05, 4.69) is 10.3 Å². The molecule has 0 spiro atoms. The van der Waals surface area contributed by atoms with Crippen LogP contribution in [0.3, 0.4) is 0 Å². The van der Waals surface area contributed by atoms with Crippen molar-refractivity contribution in [3.05, 3.63) is 99.2 Å². The summed E-state index contributed by atoms with van der Waals surface area (Å²) in [5.41, 5.74) is 1.87. The Kier molecular flexibility index (Phi) is 4.97. The highest BCUT2D eigenvalue weighted by Crippen LogP contribution is 2.38. The highest BCUT2D eigenvalue weighted by molar-refractivity contribution is 6.01. The first-order valence-corrected chi connectivity index (χ1v) is 9.79. The maximum absolute atomic E-state index is 14.0. The molecule has 1 aliphatic rings. The molecule has 0 unspecified atom stereocenters. The molecule has 3 aromatic rings. The summed E-state index contributed by atoms with van der Waals surface area (Å²) < 4.78 is 29.2. The van der Waals surface area contributed by atoms with E-state index in [4.69, 9.17) is 4.99 Å². The minimum absolute atomic E-state index is 0.0473. The summed E-state index contributed by atoms with van der Waals surface area (Å²) in [6.07, 6.45) is 3.74. The molecule has 1 N–H and O–H groups in total. The largest absolute Gasteiger partial charge is 0.354 e. The molecule has 0 saturated carbocycles. The fourth-order valence-electron chi connectivity index (χ4n) is 4.08. The van der Waals surface area contributed by atoms with Crippen LogP contribution in [0, 0.1) is 11.8 Å². The highest BCUT2D eigenvalue weighted by Gasteiger charge is 2.45. The molecule has 154 valence electrons. The number of nitrogens with one attached hydrogen (secondary N) is 1. The zero-order valence-electron chi connectivity index (χ0n) is 17.0. The lowest BCUT2D eigenvalue weighted by Crippen LogP contribution is -2.48. The molecule has 7 heteroatoms. The lowest BCUT2D eigenvalue weighted by Gasteiger charge is -2.35. The average molecular weight is 408 g/mol. The Morgan fingerprint density at radius 3 is 2.53 bits per heavy atom. The van der Waals surface area contributed by atoms with Crippen molar-refractivity contribution in [2.24, 2.45) is 12.0 Å². The molecule has 3 heterocycles. The number of halogens is 2. The Hall–Kier alpha value is -3.35. The summed E-state index contributed by atoms with van der Waals surface area (Å²) >= 11 is 0. The van der Waals surface area contributed by atoms with Gasteiger partial charge in [0.1, 0.15) is 17.2 Å². The summed E-state index contributed by atoms with van der Waals surface area (Å²) in [5, 5.41) is 3.47. The van der Waals surface area contributed by atoms with Gasteiger partial charge in [-0.2, -0.15) is 4.39 Å². The molecule has 0 bridgehead atoms. The quantitative estimate of drug-likeness (QED) is 0.674. The van der Waals surface area contributed by atoms with Gasteiger partial charge in [0, 0.05) is 30.6 Å². The normalized spacial score (nSPS) is 20.7. The zero-order valence-corrected chi connectivity index (χ0v) is 17.0. The van der Waals surface area contributed by atoms with Crippen LogP contribution in [-0.4, -0.2) is 21.4 Å². The lowest BCUT2D eigenvalue weighted by molar-refractivity contribution is 0.429. The summed E-state index contributed by atoms with van der Waals surface area (Å²) in [4.78, 5) is 20.8. The van der Waals surface area contributed by atoms with Gasteiger partial charge in [-0.15, -0.1) is 0 Å². The van der Waals surface area contributed by atoms with Gasteiger partial charge in [0.2, 0.25) is 5.95 Å². The summed E-state index contributed by atoms with van der Waals surface area (Å²) in [5.74, 6) is -0.367. The molecule has 5 nitrogen and oxygen atoms in total. The molecule has 2 aromatic heterocycles. The van der Waals surface area contributed by atoms with Crippen molar-refractivity contribution >= 4 is 5.84 Å². The van der Waals surface area contributed by atoms with Crippen LogP contribution in [-0.2, 0) is 19.0 Å². The molecule has 0 aliphatic carbocycles. The fourth-order valence-corrected chi connectivity index (χ4v) is 4.08. The van der Waals surface area contributed by atoms with E-state index in [1.54, 1.807) is 31.4 Å². The van der Waals surface area contributed by atoms with Crippen molar-refractivity contribution in [2.75, 3.05) is 0 Å². The number of amidine groups is 1. The van der Waals surface area contributed by atoms with Crippen LogP contribution in [0.2, 0.25) is 0 Å². The first-order chi connectivity index (χ1) is 14.3. The van der Waals surface area contributed by atoms with Crippen LogP contribution in [0.1, 0.15) is 36.1 Å². The van der Waals surface area contributed by atoms with Crippen LogP contribution in [0.5, 0.6) is 0 Å². The van der Waals surface area contributed by atoms with Crippen molar-refractivity contribution in [1.29, 1.82) is 0 Å². The van der Waals surface area contributed by atoms with Gasteiger partial charge in [0.05, 0.1) is 6.04 Å². The molecule has 1 aromatic carbocycles. The van der Waals surface area contributed by atoms with Gasteiger partial charge < -0.3 is 9.88 Å². The maximum atomic E-state index is 14.0. The Labute approximate surface area is 173 Å². The minimum atomic E-state index is -0.909. The number of nitrogens with zero attached hydrogens (tertiary/aromatic N) is 3. The minimum Gasteiger partial charge on any atom is -0.354 e. The van der Waals surface area contributed by atoms with Crippen molar-refractivity contribution in [2.45, 2.75) is 31.8 Å². The number of hydrogen-bond acceptors (Lipinski definition) is 4. The molecule has 30 heavy (non-hydrogen) atoms. The second kappa shape index (κ2) is 7.48. The predicted molar refractivity (Wildman–Crippen MR) is 112 cm³/mol. The molecule has 1 aliphatic heterocycles. The second-order valence-electron chi connectivity index (χ2n) is 7.48. The van der Waals surface area contributed by atoms with Gasteiger partial charge in [-0.05, 0) is 54.8 Å². The topological polar surface area (TPSA) is 59.3 Å². The monoisotopic (exact) mass is 408 g/mol. The zero-order chi connectivity index (χ0) is 21.5. The molecule has 2 atom stereocenters. The van der Waals surface area contributed by atoms with Crippen LogP contribution >= 0.6 is 0 Å². The van der Waals surface area contributed by atoms with E-state index in [0.29, 0.717) is 23.4 Å². The van der Waals surface area contributed by atoms with Gasteiger partial charge >= 0.3 is 0 Å². The molecule has 0 saturated heterocycles. The molecule has 0 amide bonds. The first-order valence-electron chi connectivity index (χ1n) is 9.79. The van der Waals surface area contributed by atoms with E-state index in [-0.39, 0.29) is 17.4 Å². The fraction of sp³-hybridized carbons (Fsp3) is 0.261. The molecular formula is C23H22F2N4O. The van der Waals surface area contributed by atoms with E-state index in [0.717, 1.165) is 11.1 Å². The second-order valence-corrected chi connectivity index (χ2v) is 7.48. The first kappa shape index (κ1) is 19.9. The predicted octanol–water partition coefficient (Wildman–Crippen LogP) is 3.30. The van der Waals surface area contributed by atoms with Crippen molar-refractivity contribution in [1.82, 2.24) is 14.9 Å². The number of rotatable bonds is 4. The third-order valence-corrected chi connectivity index (χ3v) is 5.66. The van der Waals surface area contributed by atoms with E-state index in [1.165, 1.54) is 29.0 Å². The number of aryl methyl sites for hydroxylation is 2. The summed E-state index contributed by atoms with van der Waals surface area (Å²) in [6.45, 7) is 3.85. The lowest BCUT2D eigenvalue weighted by atomic mass is 9.78. The molecule has 0 radical (unpaired) electrons. The van der Waals surface area contributed by atoms with E-state index < -0.39 is 11.5 Å². The van der Waals surface area contributed by atoms with Gasteiger partial charge in [0.15, 0.2) is 0 Å². The molecular weight excluding hydrogens is 386 g/mol. The van der Waals surface area contributed by atoms with Gasteiger partial charge in [-0.25, -0.2) is 9.37 Å². The summed E-state index contributed by atoms with van der Waals surface area (Å²) in [7, 11) is 1.70. The van der Waals surface area contributed by atoms with Crippen molar-refractivity contribution in [3.8, 4) is 0 Å². The standard InChI is InChI=1S/C23H22F2N4O/c1-4-15-11-16(13-29(3)22(15)30)21-27-14(2)23(28-21,17-5-7-19(24)8-6-17)18-9-10-26-20(25)12-18/h5-14H,4H2,1-3H3,(H,27,28)/t14-,23+/m0/s1. The van der Waals surface area contributed by atoms with Crippen LogP contribution in [0.15, 0.2) is 64.6 Å². The van der Waals surface area contributed by atoms with Crippen LogP contribution in [0.4, 0.5) is 8.78 Å². The van der Waals surface area contributed by atoms with Crippen LogP contribution < -0.4 is 10.9 Å². The summed E-state index contributed by atoms with van der Waals surface area (Å²) in [6, 6.07) is 10.7. The number of aromatic nitrogens is 2. The van der Waals surface area contributed by atoms with Gasteiger partial charge in [-0.3, -0.25) is 9.79 Å². The third kappa shape index (κ3) is 3.20. The number of aliphatic imine (C=N–C) groups is 1. The van der Waals surface area contributed by atoms with E-state index in [1.807, 2.05) is 19.9 Å². The van der Waals surface area contributed by atoms with E-state index in [9.17, 15) is 13.6 Å². The van der Waals surface area contributed by atoms with Gasteiger partial charge in [0.25, 0.3) is 5.56 Å². The van der Waals surface area contributed by atoms with Crippen LogP contribution in [0.25, 0.3) is 0 Å². The van der Waals surface area contributed by atoms with Crippen molar-refractivity contribution < 1.29 is 8.78 Å². The number of benzene rings is 1. The highest BCUT2D eigenvalue weighted by atomic mass is 19.1. The Morgan fingerprint density at radius 2 is 1.87 bits per heavy atom. The van der Waals surface area contributed by atoms with Gasteiger partial charge in [-0.1, -0.05) is 19.1 Å². The van der Waals surface area contributed by atoms with E-state index >= 15 is 0 Å². The maximum Gasteiger partial charge on any atom is 0.253 e.